The predicted molar refractivity (Wildman–Crippen MR) is 152 cm³/mol. The Morgan fingerprint density at radius 2 is 1.71 bits per heavy atom. The van der Waals surface area contributed by atoms with Crippen LogP contribution < -0.4 is 11.1 Å². The Balaban J connectivity index is 1.15. The van der Waals surface area contributed by atoms with Gasteiger partial charge in [0.1, 0.15) is 36.4 Å². The van der Waals surface area contributed by atoms with Gasteiger partial charge in [-0.1, -0.05) is 42.5 Å². The number of anilines is 1. The number of aliphatic hydroxyl groups is 4. The maximum atomic E-state index is 11.2. The van der Waals surface area contributed by atoms with Crippen molar-refractivity contribution in [3.63, 3.8) is 0 Å². The Labute approximate surface area is 233 Å². The number of ether oxygens (including phenoxy) is 1. The highest BCUT2D eigenvalue weighted by molar-refractivity contribution is 6.23. The summed E-state index contributed by atoms with van der Waals surface area (Å²) in [6.07, 6.45) is -2.63. The van der Waals surface area contributed by atoms with Crippen molar-refractivity contribution in [2.24, 2.45) is 0 Å². The molecule has 0 unspecified atom stereocenters. The minimum atomic E-state index is -1.39. The van der Waals surface area contributed by atoms with E-state index in [0.717, 1.165) is 37.9 Å². The molecule has 3 heterocycles. The first kappa shape index (κ1) is 24.8. The lowest BCUT2D eigenvalue weighted by molar-refractivity contribution is -0.0874. The van der Waals surface area contributed by atoms with Gasteiger partial charge in [0.25, 0.3) is 0 Å². The van der Waals surface area contributed by atoms with Gasteiger partial charge in [0.05, 0.1) is 24.6 Å². The Morgan fingerprint density at radius 1 is 0.927 bits per heavy atom. The van der Waals surface area contributed by atoms with Crippen LogP contribution in [0.3, 0.4) is 0 Å². The van der Waals surface area contributed by atoms with E-state index < -0.39 is 42.8 Å². The van der Waals surface area contributed by atoms with E-state index in [1.54, 1.807) is 10.9 Å². The van der Waals surface area contributed by atoms with Crippen molar-refractivity contribution in [3.8, 4) is 0 Å². The molecule has 8 rings (SSSR count). The highest BCUT2D eigenvalue weighted by atomic mass is 16.5. The van der Waals surface area contributed by atoms with E-state index in [-0.39, 0.29) is 12.4 Å². The number of nitrogens with one attached hydrogen (secondary N) is 1. The number of hydrogen-bond acceptors (Lipinski definition) is 10. The molecular formula is C30H28N6O5. The van der Waals surface area contributed by atoms with Crippen molar-refractivity contribution in [1.82, 2.24) is 24.8 Å². The SMILES string of the molecule is Nc1ncnc2c1ncn2[C@H]1C[C@H](O)[C@@H](CN[C@H]2c3c(cc4ccc5cccc6ccc3c4c56)[C@H](O)[C@@H](O)[C@@H]2O)O1. The third kappa shape index (κ3) is 3.58. The first-order valence-corrected chi connectivity index (χ1v) is 13.6. The van der Waals surface area contributed by atoms with Crippen LogP contribution in [0.25, 0.3) is 43.5 Å². The molecule has 0 spiro atoms. The molecule has 7 atom stereocenters. The van der Waals surface area contributed by atoms with Crippen LogP contribution in [0.2, 0.25) is 0 Å². The molecule has 1 aliphatic carbocycles. The van der Waals surface area contributed by atoms with Crippen molar-refractivity contribution in [3.05, 3.63) is 72.3 Å². The zero-order chi connectivity index (χ0) is 28.0. The first-order chi connectivity index (χ1) is 19.9. The van der Waals surface area contributed by atoms with Gasteiger partial charge >= 0.3 is 0 Å². The average Bonchev–Trinajstić information content (AvgIpc) is 3.58. The monoisotopic (exact) mass is 552 g/mol. The number of hydrogen-bond donors (Lipinski definition) is 6. The topological polar surface area (TPSA) is 172 Å². The molecule has 4 aromatic carbocycles. The fraction of sp³-hybridized carbons (Fsp3) is 0.300. The molecule has 0 amide bonds. The molecule has 0 radical (unpaired) electrons. The van der Waals surface area contributed by atoms with Crippen LogP contribution in [0.15, 0.2) is 61.2 Å². The fourth-order valence-electron chi connectivity index (χ4n) is 6.80. The van der Waals surface area contributed by atoms with Gasteiger partial charge in [-0.2, -0.15) is 0 Å². The molecule has 0 bridgehead atoms. The Bertz CT molecular complexity index is 1930. The minimum absolute atomic E-state index is 0.188. The summed E-state index contributed by atoms with van der Waals surface area (Å²) in [5.41, 5.74) is 8.21. The van der Waals surface area contributed by atoms with E-state index in [9.17, 15) is 20.4 Å². The van der Waals surface area contributed by atoms with Gasteiger partial charge in [-0.3, -0.25) is 4.57 Å². The van der Waals surface area contributed by atoms with Crippen LogP contribution in [-0.4, -0.2) is 70.9 Å². The summed E-state index contributed by atoms with van der Waals surface area (Å²) in [4.78, 5) is 12.5. The minimum Gasteiger partial charge on any atom is -0.390 e. The number of imidazole rings is 1. The predicted octanol–water partition coefficient (Wildman–Crippen LogP) is 2.05. The Kier molecular flexibility index (Phi) is 5.45. The van der Waals surface area contributed by atoms with E-state index >= 15 is 0 Å². The lowest BCUT2D eigenvalue weighted by Crippen LogP contribution is -2.49. The number of nitrogen functional groups attached to an aromatic ring is 1. The van der Waals surface area contributed by atoms with Crippen molar-refractivity contribution >= 4 is 49.3 Å². The van der Waals surface area contributed by atoms with Gasteiger partial charge in [0.2, 0.25) is 0 Å². The highest BCUT2D eigenvalue weighted by Crippen LogP contribution is 2.45. The normalized spacial score (nSPS) is 28.3. The summed E-state index contributed by atoms with van der Waals surface area (Å²) in [5, 5.41) is 53.6. The van der Waals surface area contributed by atoms with E-state index in [1.165, 1.54) is 6.33 Å². The molecule has 7 N–H and O–H groups in total. The summed E-state index contributed by atoms with van der Waals surface area (Å²) in [5.74, 6) is 0.265. The molecular weight excluding hydrogens is 524 g/mol. The lowest BCUT2D eigenvalue weighted by Gasteiger charge is -2.39. The van der Waals surface area contributed by atoms with Crippen LogP contribution >= 0.6 is 0 Å². The Hall–Kier alpha value is -3.97. The largest absolute Gasteiger partial charge is 0.390 e. The third-order valence-electron chi connectivity index (χ3n) is 8.81. The first-order valence-electron chi connectivity index (χ1n) is 13.6. The third-order valence-corrected chi connectivity index (χ3v) is 8.81. The van der Waals surface area contributed by atoms with Gasteiger partial charge in [0.15, 0.2) is 11.5 Å². The van der Waals surface area contributed by atoms with E-state index in [2.05, 4.69) is 38.5 Å². The standard InChI is InChI=1S/C30H28N6O5/c31-29-25-30(34-11-33-29)36(12-35-25)20-9-18(37)19(41-20)10-32-24-23-16-7-6-14-3-1-2-13-4-5-15(22(16)21(13)14)8-17(23)26(38)28(40)27(24)39/h1-8,11-12,18-20,24,26-28,32,37-40H,9-10H2,(H2,31,33,34)/t18-,19+,20+,24-,26-,27+,28+/m0/s1. The number of nitrogens with two attached hydrogens (primary N) is 1. The molecule has 41 heavy (non-hydrogen) atoms. The zero-order valence-corrected chi connectivity index (χ0v) is 21.8. The summed E-state index contributed by atoms with van der Waals surface area (Å²) in [6, 6.07) is 15.5. The van der Waals surface area contributed by atoms with Gasteiger partial charge < -0.3 is 36.2 Å². The summed E-state index contributed by atoms with van der Waals surface area (Å²) in [7, 11) is 0. The zero-order valence-electron chi connectivity index (χ0n) is 21.8. The lowest BCUT2D eigenvalue weighted by atomic mass is 9.77. The molecule has 208 valence electrons. The fourth-order valence-corrected chi connectivity index (χ4v) is 6.80. The summed E-state index contributed by atoms with van der Waals surface area (Å²) in [6.45, 7) is 0.188. The van der Waals surface area contributed by atoms with Gasteiger partial charge in [-0.15, -0.1) is 0 Å². The molecule has 2 aromatic heterocycles. The number of aliphatic hydroxyl groups excluding tert-OH is 4. The molecule has 1 saturated heterocycles. The molecule has 1 fully saturated rings. The maximum Gasteiger partial charge on any atom is 0.167 e. The molecule has 0 saturated carbocycles. The van der Waals surface area contributed by atoms with Crippen molar-refractivity contribution in [1.29, 1.82) is 0 Å². The number of nitrogens with zero attached hydrogens (tertiary/aromatic N) is 4. The van der Waals surface area contributed by atoms with Gasteiger partial charge in [-0.05, 0) is 49.5 Å². The number of rotatable bonds is 4. The maximum absolute atomic E-state index is 11.2. The van der Waals surface area contributed by atoms with Gasteiger partial charge in [0, 0.05) is 13.0 Å². The average molecular weight is 553 g/mol. The van der Waals surface area contributed by atoms with Gasteiger partial charge in [-0.25, -0.2) is 15.0 Å². The van der Waals surface area contributed by atoms with Crippen LogP contribution in [0.4, 0.5) is 5.82 Å². The van der Waals surface area contributed by atoms with Crippen molar-refractivity contribution in [2.45, 2.75) is 49.2 Å². The van der Waals surface area contributed by atoms with Crippen molar-refractivity contribution in [2.75, 3.05) is 12.3 Å². The molecule has 2 aliphatic rings. The van der Waals surface area contributed by atoms with Crippen LogP contribution in [0.5, 0.6) is 0 Å². The summed E-state index contributed by atoms with van der Waals surface area (Å²) < 4.78 is 7.95. The van der Waals surface area contributed by atoms with Crippen molar-refractivity contribution < 1.29 is 25.2 Å². The summed E-state index contributed by atoms with van der Waals surface area (Å²) >= 11 is 0. The van der Waals surface area contributed by atoms with E-state index in [0.29, 0.717) is 23.1 Å². The second-order valence-corrected chi connectivity index (χ2v) is 11.1. The highest BCUT2D eigenvalue weighted by Gasteiger charge is 2.43. The van der Waals surface area contributed by atoms with Crippen LogP contribution in [0, 0.1) is 0 Å². The Morgan fingerprint density at radius 3 is 2.54 bits per heavy atom. The van der Waals surface area contributed by atoms with Crippen LogP contribution in [0.1, 0.15) is 35.9 Å². The molecule has 11 heteroatoms. The smallest absolute Gasteiger partial charge is 0.167 e. The number of benzene rings is 4. The molecule has 6 aromatic rings. The quantitative estimate of drug-likeness (QED) is 0.178. The van der Waals surface area contributed by atoms with Crippen LogP contribution in [-0.2, 0) is 4.74 Å². The number of aromatic nitrogens is 4. The van der Waals surface area contributed by atoms with E-state index in [4.69, 9.17) is 10.5 Å². The second kappa shape index (κ2) is 9.02. The molecule has 11 nitrogen and oxygen atoms in total. The second-order valence-electron chi connectivity index (χ2n) is 11.1. The van der Waals surface area contributed by atoms with E-state index in [1.807, 2.05) is 30.3 Å². The molecule has 1 aliphatic heterocycles. The number of fused-ring (bicyclic) bond motifs is 3.